The molecule has 6 nitrogen and oxygen atoms in total. The molecule has 148 valence electrons. The summed E-state index contributed by atoms with van der Waals surface area (Å²) in [6.45, 7) is 9.05. The fraction of sp³-hybridized carbons (Fsp3) is 0.474. The van der Waals surface area contributed by atoms with Crippen molar-refractivity contribution in [3.8, 4) is 11.5 Å². The zero-order valence-electron chi connectivity index (χ0n) is 15.9. The quantitative estimate of drug-likeness (QED) is 0.355. The predicted octanol–water partition coefficient (Wildman–Crippen LogP) is 4.62. The molecule has 2 N–H and O–H groups in total. The Labute approximate surface area is 181 Å². The number of guanidine groups is 1. The van der Waals surface area contributed by atoms with Crippen molar-refractivity contribution in [3.05, 3.63) is 34.3 Å². The number of aromatic nitrogens is 1. The van der Waals surface area contributed by atoms with Gasteiger partial charge in [0.25, 0.3) is 0 Å². The van der Waals surface area contributed by atoms with Crippen LogP contribution in [-0.4, -0.2) is 30.7 Å². The van der Waals surface area contributed by atoms with Crippen molar-refractivity contribution >= 4 is 47.0 Å². The van der Waals surface area contributed by atoms with Crippen LogP contribution in [0.1, 0.15) is 43.8 Å². The van der Waals surface area contributed by atoms with Crippen molar-refractivity contribution in [2.24, 2.45) is 4.99 Å². The van der Waals surface area contributed by atoms with Gasteiger partial charge in [-0.1, -0.05) is 13.8 Å². The highest BCUT2D eigenvalue weighted by Gasteiger charge is 2.11. The van der Waals surface area contributed by atoms with Crippen molar-refractivity contribution in [1.82, 2.24) is 10.3 Å². The molecular formula is C19H27IN4O2S. The highest BCUT2D eigenvalue weighted by atomic mass is 127. The zero-order valence-corrected chi connectivity index (χ0v) is 19.1. The van der Waals surface area contributed by atoms with Gasteiger partial charge in [-0.15, -0.1) is 35.3 Å². The first-order valence-corrected chi connectivity index (χ1v) is 9.93. The minimum atomic E-state index is 0. The van der Waals surface area contributed by atoms with Gasteiger partial charge in [0.2, 0.25) is 0 Å². The molecule has 1 aromatic carbocycles. The van der Waals surface area contributed by atoms with Crippen LogP contribution in [0.15, 0.2) is 28.6 Å². The number of rotatable bonds is 5. The van der Waals surface area contributed by atoms with Crippen molar-refractivity contribution in [1.29, 1.82) is 0 Å². The summed E-state index contributed by atoms with van der Waals surface area (Å²) in [5.41, 5.74) is 1.91. The van der Waals surface area contributed by atoms with Crippen LogP contribution in [0.3, 0.4) is 0 Å². The molecule has 0 radical (unpaired) electrons. The predicted molar refractivity (Wildman–Crippen MR) is 122 cm³/mol. The number of aliphatic imine (C=N–C) groups is 1. The molecule has 0 bridgehead atoms. The Morgan fingerprint density at radius 3 is 2.74 bits per heavy atom. The van der Waals surface area contributed by atoms with Gasteiger partial charge in [0.1, 0.15) is 0 Å². The van der Waals surface area contributed by atoms with Gasteiger partial charge in [-0.3, -0.25) is 0 Å². The van der Waals surface area contributed by atoms with Crippen molar-refractivity contribution < 1.29 is 9.47 Å². The topological polar surface area (TPSA) is 67.8 Å². The summed E-state index contributed by atoms with van der Waals surface area (Å²) in [4.78, 5) is 9.29. The summed E-state index contributed by atoms with van der Waals surface area (Å²) in [5.74, 6) is 2.73. The Bertz CT molecular complexity index is 764. The lowest BCUT2D eigenvalue weighted by Gasteiger charge is -2.13. The molecule has 0 unspecified atom stereocenters. The second-order valence-corrected chi connectivity index (χ2v) is 7.25. The summed E-state index contributed by atoms with van der Waals surface area (Å²) < 4.78 is 11.4. The van der Waals surface area contributed by atoms with Crippen LogP contribution in [0.2, 0.25) is 0 Å². The van der Waals surface area contributed by atoms with Crippen LogP contribution in [0.25, 0.3) is 0 Å². The number of benzene rings is 1. The third-order valence-corrected chi connectivity index (χ3v) is 5.01. The normalized spacial score (nSPS) is 13.7. The maximum atomic E-state index is 5.75. The van der Waals surface area contributed by atoms with Gasteiger partial charge in [0, 0.05) is 36.0 Å². The molecule has 0 saturated carbocycles. The Balaban J connectivity index is 0.00000261. The van der Waals surface area contributed by atoms with Gasteiger partial charge < -0.3 is 20.1 Å². The lowest BCUT2D eigenvalue weighted by Crippen LogP contribution is -2.30. The highest BCUT2D eigenvalue weighted by molar-refractivity contribution is 14.0. The summed E-state index contributed by atoms with van der Waals surface area (Å²) in [6, 6.07) is 5.86. The average molecular weight is 502 g/mol. The fourth-order valence-corrected chi connectivity index (χ4v) is 3.33. The molecule has 3 rings (SSSR count). The SMILES string of the molecule is CCNC(=NCc1csc(C(C)C)n1)Nc1ccc2c(c1)OCCCO2.I. The smallest absolute Gasteiger partial charge is 0.196 e. The third-order valence-electron chi connectivity index (χ3n) is 3.82. The van der Waals surface area contributed by atoms with E-state index in [4.69, 9.17) is 9.47 Å². The number of nitrogens with one attached hydrogen (secondary N) is 2. The van der Waals surface area contributed by atoms with E-state index >= 15 is 0 Å². The molecule has 0 aliphatic carbocycles. The Morgan fingerprint density at radius 2 is 2.04 bits per heavy atom. The molecule has 0 fully saturated rings. The van der Waals surface area contributed by atoms with Crippen LogP contribution >= 0.6 is 35.3 Å². The summed E-state index contributed by atoms with van der Waals surface area (Å²) >= 11 is 1.69. The van der Waals surface area contributed by atoms with Crippen LogP contribution in [0.4, 0.5) is 5.69 Å². The molecule has 0 spiro atoms. The third kappa shape index (κ3) is 6.24. The number of hydrogen-bond acceptors (Lipinski definition) is 5. The van der Waals surface area contributed by atoms with E-state index in [0.717, 1.165) is 46.8 Å². The first kappa shape index (κ1) is 21.7. The van der Waals surface area contributed by atoms with E-state index in [1.54, 1.807) is 11.3 Å². The monoisotopic (exact) mass is 502 g/mol. The van der Waals surface area contributed by atoms with Crippen LogP contribution in [0.5, 0.6) is 11.5 Å². The van der Waals surface area contributed by atoms with E-state index in [1.165, 1.54) is 0 Å². The molecule has 0 atom stereocenters. The Hall–Kier alpha value is -1.55. The lowest BCUT2D eigenvalue weighted by molar-refractivity contribution is 0.297. The summed E-state index contributed by atoms with van der Waals surface area (Å²) in [6.07, 6.45) is 0.896. The molecule has 1 aliphatic rings. The van der Waals surface area contributed by atoms with Crippen molar-refractivity contribution in [3.63, 3.8) is 0 Å². The minimum Gasteiger partial charge on any atom is -0.490 e. The molecular weight excluding hydrogens is 475 g/mol. The molecule has 0 amide bonds. The number of ether oxygens (including phenoxy) is 2. The number of hydrogen-bond donors (Lipinski definition) is 2. The molecule has 1 aromatic heterocycles. The van der Waals surface area contributed by atoms with Crippen molar-refractivity contribution in [2.75, 3.05) is 25.1 Å². The molecule has 1 aliphatic heterocycles. The number of fused-ring (bicyclic) bond motifs is 1. The molecule has 0 saturated heterocycles. The van der Waals surface area contributed by atoms with Crippen LogP contribution in [0, 0.1) is 0 Å². The van der Waals surface area contributed by atoms with Gasteiger partial charge in [-0.2, -0.15) is 0 Å². The van der Waals surface area contributed by atoms with E-state index in [9.17, 15) is 0 Å². The van der Waals surface area contributed by atoms with Gasteiger partial charge in [-0.25, -0.2) is 9.98 Å². The van der Waals surface area contributed by atoms with E-state index in [0.29, 0.717) is 25.7 Å². The van der Waals surface area contributed by atoms with Gasteiger partial charge >= 0.3 is 0 Å². The van der Waals surface area contributed by atoms with Crippen LogP contribution < -0.4 is 20.1 Å². The van der Waals surface area contributed by atoms with Crippen molar-refractivity contribution in [2.45, 2.75) is 39.7 Å². The largest absolute Gasteiger partial charge is 0.490 e. The molecule has 2 heterocycles. The molecule has 27 heavy (non-hydrogen) atoms. The van der Waals surface area contributed by atoms with Crippen LogP contribution in [-0.2, 0) is 6.54 Å². The second kappa shape index (κ2) is 10.7. The maximum Gasteiger partial charge on any atom is 0.196 e. The summed E-state index contributed by atoms with van der Waals surface area (Å²) in [5, 5.41) is 9.82. The second-order valence-electron chi connectivity index (χ2n) is 6.36. The number of anilines is 1. The van der Waals surface area contributed by atoms with Gasteiger partial charge in [-0.05, 0) is 19.1 Å². The van der Waals surface area contributed by atoms with E-state index in [2.05, 4.69) is 39.8 Å². The van der Waals surface area contributed by atoms with Gasteiger partial charge in [0.15, 0.2) is 17.5 Å². The maximum absolute atomic E-state index is 5.75. The summed E-state index contributed by atoms with van der Waals surface area (Å²) in [7, 11) is 0. The molecule has 8 heteroatoms. The number of halogens is 1. The Morgan fingerprint density at radius 1 is 1.26 bits per heavy atom. The highest BCUT2D eigenvalue weighted by Crippen LogP contribution is 2.32. The Kier molecular flexibility index (Phi) is 8.62. The van der Waals surface area contributed by atoms with E-state index in [1.807, 2.05) is 25.1 Å². The number of nitrogens with zero attached hydrogens (tertiary/aromatic N) is 2. The molecule has 2 aromatic rings. The zero-order chi connectivity index (χ0) is 18.4. The fourth-order valence-electron chi connectivity index (χ4n) is 2.51. The average Bonchev–Trinajstić information content (AvgIpc) is 2.98. The number of thiazole rings is 1. The minimum absolute atomic E-state index is 0. The van der Waals surface area contributed by atoms with Gasteiger partial charge in [0.05, 0.1) is 30.5 Å². The van der Waals surface area contributed by atoms with E-state index < -0.39 is 0 Å². The standard InChI is InChI=1S/C19H26N4O2S.HI/c1-4-20-19(21-11-15-12-26-18(22-15)13(2)3)23-14-6-7-16-17(10-14)25-9-5-8-24-16;/h6-7,10,12-13H,4-5,8-9,11H2,1-3H3,(H2,20,21,23);1H. The van der Waals surface area contributed by atoms with E-state index in [-0.39, 0.29) is 24.0 Å². The first-order chi connectivity index (χ1) is 12.7. The lowest BCUT2D eigenvalue weighted by atomic mass is 10.2. The first-order valence-electron chi connectivity index (χ1n) is 9.05.